The van der Waals surface area contributed by atoms with Crippen molar-refractivity contribution in [3.63, 3.8) is 0 Å². The number of nitrogens with one attached hydrogen (secondary N) is 1. The van der Waals surface area contributed by atoms with Crippen molar-refractivity contribution in [1.29, 1.82) is 0 Å². The lowest BCUT2D eigenvalue weighted by atomic mass is 10.2. The van der Waals surface area contributed by atoms with Gasteiger partial charge in [0.15, 0.2) is 0 Å². The van der Waals surface area contributed by atoms with Crippen LogP contribution in [0.5, 0.6) is 0 Å². The summed E-state index contributed by atoms with van der Waals surface area (Å²) in [5.74, 6) is -0.0974. The molecule has 19 heavy (non-hydrogen) atoms. The van der Waals surface area contributed by atoms with E-state index in [1.165, 1.54) is 0 Å². The summed E-state index contributed by atoms with van der Waals surface area (Å²) in [6, 6.07) is 19.6. The van der Waals surface area contributed by atoms with Gasteiger partial charge in [-0.05, 0) is 11.1 Å². The van der Waals surface area contributed by atoms with Gasteiger partial charge in [0.2, 0.25) is 5.91 Å². The van der Waals surface area contributed by atoms with Crippen molar-refractivity contribution in [3.8, 4) is 0 Å². The molecule has 0 aliphatic carbocycles. The first-order valence-corrected chi connectivity index (χ1v) is 6.27. The average Bonchev–Trinajstić information content (AvgIpc) is 2.47. The molecule has 0 aliphatic heterocycles. The van der Waals surface area contributed by atoms with Crippen LogP contribution in [0.1, 0.15) is 11.1 Å². The maximum absolute atomic E-state index is 11.6. The number of carbonyl (C=O) groups is 1. The number of hydrogen-bond acceptors (Lipinski definition) is 2. The maximum Gasteiger partial charge on any atom is 0.246 e. The summed E-state index contributed by atoms with van der Waals surface area (Å²) in [6.45, 7) is 1.08. The molecular weight excluding hydrogens is 238 g/mol. The third kappa shape index (κ3) is 4.94. The van der Waals surface area contributed by atoms with Crippen LogP contribution >= 0.6 is 0 Å². The van der Waals surface area contributed by atoms with Gasteiger partial charge < -0.3 is 10.1 Å². The Kier molecular flexibility index (Phi) is 5.14. The van der Waals surface area contributed by atoms with Gasteiger partial charge in [0.25, 0.3) is 0 Å². The summed E-state index contributed by atoms with van der Waals surface area (Å²) in [6.07, 6.45) is 0. The fraction of sp³-hybridized carbons (Fsp3) is 0.188. The normalized spacial score (nSPS) is 10.1. The van der Waals surface area contributed by atoms with E-state index >= 15 is 0 Å². The van der Waals surface area contributed by atoms with Gasteiger partial charge in [-0.25, -0.2) is 0 Å². The summed E-state index contributed by atoms with van der Waals surface area (Å²) in [5.41, 5.74) is 2.15. The van der Waals surface area contributed by atoms with Crippen LogP contribution in [0.15, 0.2) is 60.7 Å². The minimum atomic E-state index is -0.0974. The third-order valence-electron chi connectivity index (χ3n) is 2.68. The van der Waals surface area contributed by atoms with E-state index in [0.717, 1.165) is 11.1 Å². The first-order chi connectivity index (χ1) is 9.34. The van der Waals surface area contributed by atoms with E-state index in [4.69, 9.17) is 4.74 Å². The van der Waals surface area contributed by atoms with Gasteiger partial charge >= 0.3 is 0 Å². The smallest absolute Gasteiger partial charge is 0.246 e. The summed E-state index contributed by atoms with van der Waals surface area (Å²) in [5, 5.41) is 2.82. The number of hydrogen-bond donors (Lipinski definition) is 1. The monoisotopic (exact) mass is 255 g/mol. The van der Waals surface area contributed by atoms with Crippen molar-refractivity contribution in [3.05, 3.63) is 71.8 Å². The minimum Gasteiger partial charge on any atom is -0.367 e. The molecule has 2 rings (SSSR count). The lowest BCUT2D eigenvalue weighted by Gasteiger charge is -2.06. The molecular formula is C16H17NO2. The van der Waals surface area contributed by atoms with Crippen LogP contribution in [0.3, 0.4) is 0 Å². The average molecular weight is 255 g/mol. The molecule has 0 atom stereocenters. The molecule has 98 valence electrons. The molecule has 0 saturated carbocycles. The van der Waals surface area contributed by atoms with Gasteiger partial charge in [-0.3, -0.25) is 4.79 Å². The van der Waals surface area contributed by atoms with Crippen LogP contribution in [0, 0.1) is 0 Å². The van der Waals surface area contributed by atoms with E-state index in [1.807, 2.05) is 60.7 Å². The van der Waals surface area contributed by atoms with E-state index in [9.17, 15) is 4.79 Å². The fourth-order valence-corrected chi connectivity index (χ4v) is 1.68. The standard InChI is InChI=1S/C16H17NO2/c18-16(17-11-14-7-3-1-4-8-14)13-19-12-15-9-5-2-6-10-15/h1-10H,11-13H2,(H,17,18). The molecule has 3 nitrogen and oxygen atoms in total. The van der Waals surface area contributed by atoms with Gasteiger partial charge in [0.1, 0.15) is 6.61 Å². The highest BCUT2D eigenvalue weighted by atomic mass is 16.5. The van der Waals surface area contributed by atoms with E-state index in [-0.39, 0.29) is 12.5 Å². The molecule has 0 heterocycles. The lowest BCUT2D eigenvalue weighted by molar-refractivity contribution is -0.126. The van der Waals surface area contributed by atoms with Crippen LogP contribution in [-0.2, 0) is 22.7 Å². The predicted molar refractivity (Wildman–Crippen MR) is 74.4 cm³/mol. The molecule has 0 bridgehead atoms. The van der Waals surface area contributed by atoms with Gasteiger partial charge in [-0.2, -0.15) is 0 Å². The van der Waals surface area contributed by atoms with Crippen molar-refractivity contribution < 1.29 is 9.53 Å². The van der Waals surface area contributed by atoms with Crippen molar-refractivity contribution in [2.45, 2.75) is 13.2 Å². The van der Waals surface area contributed by atoms with Crippen molar-refractivity contribution in [1.82, 2.24) is 5.32 Å². The second kappa shape index (κ2) is 7.34. The van der Waals surface area contributed by atoms with E-state index in [2.05, 4.69) is 5.32 Å². The second-order valence-corrected chi connectivity index (χ2v) is 4.24. The highest BCUT2D eigenvalue weighted by Crippen LogP contribution is 2.00. The number of rotatable bonds is 6. The Morgan fingerprint density at radius 2 is 1.47 bits per heavy atom. The van der Waals surface area contributed by atoms with E-state index in [0.29, 0.717) is 13.2 Å². The van der Waals surface area contributed by atoms with Gasteiger partial charge in [0, 0.05) is 6.54 Å². The van der Waals surface area contributed by atoms with E-state index in [1.54, 1.807) is 0 Å². The molecule has 2 aromatic carbocycles. The molecule has 0 saturated heterocycles. The summed E-state index contributed by atoms with van der Waals surface area (Å²) in [7, 11) is 0. The Hall–Kier alpha value is -2.13. The van der Waals surface area contributed by atoms with E-state index < -0.39 is 0 Å². The Balaban J connectivity index is 1.65. The first-order valence-electron chi connectivity index (χ1n) is 6.27. The van der Waals surface area contributed by atoms with Crippen LogP contribution < -0.4 is 5.32 Å². The SMILES string of the molecule is O=C(COCc1ccccc1)NCc1ccccc1. The highest BCUT2D eigenvalue weighted by molar-refractivity contribution is 5.77. The summed E-state index contributed by atoms with van der Waals surface area (Å²) in [4.78, 5) is 11.6. The second-order valence-electron chi connectivity index (χ2n) is 4.24. The van der Waals surface area contributed by atoms with Crippen LogP contribution in [0.25, 0.3) is 0 Å². The van der Waals surface area contributed by atoms with Gasteiger partial charge in [-0.1, -0.05) is 60.7 Å². The Morgan fingerprint density at radius 1 is 0.895 bits per heavy atom. The fourth-order valence-electron chi connectivity index (χ4n) is 1.68. The third-order valence-corrected chi connectivity index (χ3v) is 2.68. The van der Waals surface area contributed by atoms with Crippen LogP contribution in [0.2, 0.25) is 0 Å². The van der Waals surface area contributed by atoms with Gasteiger partial charge in [0.05, 0.1) is 6.61 Å². The summed E-state index contributed by atoms with van der Waals surface area (Å²) >= 11 is 0. The molecule has 0 fully saturated rings. The molecule has 1 amide bonds. The Bertz CT molecular complexity index is 497. The van der Waals surface area contributed by atoms with Crippen LogP contribution in [0.4, 0.5) is 0 Å². The minimum absolute atomic E-state index is 0.0850. The number of benzene rings is 2. The molecule has 0 unspecified atom stereocenters. The zero-order valence-electron chi connectivity index (χ0n) is 10.7. The zero-order chi connectivity index (χ0) is 13.3. The maximum atomic E-state index is 11.6. The molecule has 0 spiro atoms. The van der Waals surface area contributed by atoms with Crippen molar-refractivity contribution in [2.24, 2.45) is 0 Å². The number of amides is 1. The van der Waals surface area contributed by atoms with Crippen LogP contribution in [-0.4, -0.2) is 12.5 Å². The highest BCUT2D eigenvalue weighted by Gasteiger charge is 2.01. The molecule has 3 heteroatoms. The Labute approximate surface area is 113 Å². The molecule has 2 aromatic rings. The quantitative estimate of drug-likeness (QED) is 0.861. The molecule has 1 N–H and O–H groups in total. The largest absolute Gasteiger partial charge is 0.367 e. The Morgan fingerprint density at radius 3 is 2.11 bits per heavy atom. The first kappa shape index (κ1) is 13.3. The topological polar surface area (TPSA) is 38.3 Å². The summed E-state index contributed by atoms with van der Waals surface area (Å²) < 4.78 is 5.36. The molecule has 0 aliphatic rings. The molecule has 0 radical (unpaired) electrons. The number of ether oxygens (including phenoxy) is 1. The number of carbonyl (C=O) groups excluding carboxylic acids is 1. The zero-order valence-corrected chi connectivity index (χ0v) is 10.7. The van der Waals surface area contributed by atoms with Gasteiger partial charge in [-0.15, -0.1) is 0 Å². The van der Waals surface area contributed by atoms with Crippen molar-refractivity contribution in [2.75, 3.05) is 6.61 Å². The lowest BCUT2D eigenvalue weighted by Crippen LogP contribution is -2.27. The predicted octanol–water partition coefficient (Wildman–Crippen LogP) is 2.52. The van der Waals surface area contributed by atoms with Crippen molar-refractivity contribution >= 4 is 5.91 Å². The molecule has 0 aromatic heterocycles.